The van der Waals surface area contributed by atoms with Crippen LogP contribution in [0.25, 0.3) is 22.2 Å². The molecule has 4 heteroatoms. The van der Waals surface area contributed by atoms with Crippen LogP contribution in [-0.4, -0.2) is 14.5 Å². The molecular formula is C19H19N3O. The van der Waals surface area contributed by atoms with Crippen LogP contribution in [0.4, 0.5) is 0 Å². The van der Waals surface area contributed by atoms with Gasteiger partial charge in [0.05, 0.1) is 16.6 Å². The molecule has 23 heavy (non-hydrogen) atoms. The van der Waals surface area contributed by atoms with Gasteiger partial charge >= 0.3 is 0 Å². The Morgan fingerprint density at radius 2 is 2.13 bits per heavy atom. The van der Waals surface area contributed by atoms with Gasteiger partial charge in [-0.05, 0) is 43.0 Å². The second-order valence-corrected chi connectivity index (χ2v) is 6.39. The van der Waals surface area contributed by atoms with Gasteiger partial charge < -0.3 is 0 Å². The number of pyridine rings is 1. The first-order valence-electron chi connectivity index (χ1n) is 8.17. The summed E-state index contributed by atoms with van der Waals surface area (Å²) in [6.07, 6.45) is 4.90. The van der Waals surface area contributed by atoms with Crippen LogP contribution in [0.15, 0.2) is 47.4 Å². The van der Waals surface area contributed by atoms with E-state index in [0.717, 1.165) is 48.4 Å². The summed E-state index contributed by atoms with van der Waals surface area (Å²) in [4.78, 5) is 22.0. The number of hydrogen-bond donors (Lipinski definition) is 0. The van der Waals surface area contributed by atoms with Crippen LogP contribution >= 0.6 is 0 Å². The smallest absolute Gasteiger partial charge is 0.261 e. The Kier molecular flexibility index (Phi) is 3.45. The highest BCUT2D eigenvalue weighted by Gasteiger charge is 2.17. The maximum atomic E-state index is 12.8. The second kappa shape index (κ2) is 5.61. The van der Waals surface area contributed by atoms with Crippen molar-refractivity contribution in [3.63, 3.8) is 0 Å². The summed E-state index contributed by atoms with van der Waals surface area (Å²) in [5.41, 5.74) is 2.77. The van der Waals surface area contributed by atoms with Crippen LogP contribution in [0.3, 0.4) is 0 Å². The van der Waals surface area contributed by atoms with Crippen LogP contribution in [0.1, 0.15) is 25.6 Å². The number of hydrogen-bond acceptors (Lipinski definition) is 3. The van der Waals surface area contributed by atoms with E-state index in [0.29, 0.717) is 11.3 Å². The highest BCUT2D eigenvalue weighted by Crippen LogP contribution is 2.22. The molecule has 1 aliphatic rings. The number of aryl methyl sites for hydroxylation is 1. The van der Waals surface area contributed by atoms with Crippen molar-refractivity contribution in [2.75, 3.05) is 0 Å². The fourth-order valence-electron chi connectivity index (χ4n) is 3.35. The first kappa shape index (κ1) is 14.1. The molecule has 4 nitrogen and oxygen atoms in total. The van der Waals surface area contributed by atoms with Gasteiger partial charge in [-0.3, -0.25) is 14.3 Å². The number of nitrogens with zero attached hydrogens (tertiary/aromatic N) is 3. The quantitative estimate of drug-likeness (QED) is 0.692. The van der Waals surface area contributed by atoms with Crippen LogP contribution in [0.2, 0.25) is 0 Å². The van der Waals surface area contributed by atoms with E-state index in [4.69, 9.17) is 4.98 Å². The molecule has 2 aromatic heterocycles. The summed E-state index contributed by atoms with van der Waals surface area (Å²) in [6, 6.07) is 11.7. The molecule has 0 amide bonds. The second-order valence-electron chi connectivity index (χ2n) is 6.39. The third kappa shape index (κ3) is 2.54. The minimum Gasteiger partial charge on any atom is -0.296 e. The fourth-order valence-corrected chi connectivity index (χ4v) is 3.35. The lowest BCUT2D eigenvalue weighted by atomic mass is 10.1. The molecule has 0 aliphatic carbocycles. The molecule has 1 aromatic carbocycles. The molecule has 0 N–H and O–H groups in total. The van der Waals surface area contributed by atoms with Crippen molar-refractivity contribution in [2.45, 2.75) is 32.7 Å². The number of benzene rings is 1. The van der Waals surface area contributed by atoms with E-state index in [1.54, 1.807) is 6.20 Å². The molecule has 0 saturated heterocycles. The summed E-state index contributed by atoms with van der Waals surface area (Å²) in [5.74, 6) is 1.45. The average Bonchev–Trinajstić information content (AvgIpc) is 2.77. The van der Waals surface area contributed by atoms with Gasteiger partial charge in [0.2, 0.25) is 0 Å². The van der Waals surface area contributed by atoms with Crippen molar-refractivity contribution in [3.8, 4) is 11.3 Å². The molecule has 3 heterocycles. The minimum atomic E-state index is 0.0892. The average molecular weight is 305 g/mol. The van der Waals surface area contributed by atoms with E-state index in [-0.39, 0.29) is 5.56 Å². The standard InChI is InChI=1S/C19H19N3O/c1-13-5-4-7-18-21-17-11-14(16-6-2-3-10-20-16)8-9-15(17)19(23)22(18)12-13/h2-3,6,8-11,13H,4-5,7,12H2,1H3. The lowest BCUT2D eigenvalue weighted by molar-refractivity contribution is 0.457. The van der Waals surface area contributed by atoms with E-state index in [9.17, 15) is 4.79 Å². The van der Waals surface area contributed by atoms with Gasteiger partial charge in [-0.15, -0.1) is 0 Å². The molecule has 3 aromatic rings. The Labute approximate surface area is 134 Å². The van der Waals surface area contributed by atoms with E-state index in [2.05, 4.69) is 11.9 Å². The van der Waals surface area contributed by atoms with Crippen LogP contribution in [-0.2, 0) is 13.0 Å². The Balaban J connectivity index is 1.90. The molecule has 1 unspecified atom stereocenters. The van der Waals surface area contributed by atoms with Crippen molar-refractivity contribution in [1.29, 1.82) is 0 Å². The zero-order valence-electron chi connectivity index (χ0n) is 13.2. The molecule has 116 valence electrons. The molecule has 1 atom stereocenters. The predicted octanol–water partition coefficient (Wildman–Crippen LogP) is 3.43. The van der Waals surface area contributed by atoms with E-state index in [1.165, 1.54) is 0 Å². The van der Waals surface area contributed by atoms with Crippen molar-refractivity contribution in [1.82, 2.24) is 14.5 Å². The number of aromatic nitrogens is 3. The predicted molar refractivity (Wildman–Crippen MR) is 91.3 cm³/mol. The SMILES string of the molecule is CC1CCCc2nc3cc(-c4ccccn4)ccc3c(=O)n2C1. The van der Waals surface area contributed by atoms with Crippen LogP contribution < -0.4 is 5.56 Å². The maximum Gasteiger partial charge on any atom is 0.261 e. The largest absolute Gasteiger partial charge is 0.296 e. The highest BCUT2D eigenvalue weighted by atomic mass is 16.1. The van der Waals surface area contributed by atoms with Gasteiger partial charge in [-0.25, -0.2) is 4.98 Å². The third-order valence-electron chi connectivity index (χ3n) is 4.59. The van der Waals surface area contributed by atoms with Crippen molar-refractivity contribution in [2.24, 2.45) is 5.92 Å². The summed E-state index contributed by atoms with van der Waals surface area (Å²) in [5, 5.41) is 0.697. The summed E-state index contributed by atoms with van der Waals surface area (Å²) >= 11 is 0. The summed E-state index contributed by atoms with van der Waals surface area (Å²) in [6.45, 7) is 2.98. The monoisotopic (exact) mass is 305 g/mol. The fraction of sp³-hybridized carbons (Fsp3) is 0.316. The Morgan fingerprint density at radius 3 is 2.96 bits per heavy atom. The van der Waals surface area contributed by atoms with Gasteiger partial charge in [0.15, 0.2) is 0 Å². The maximum absolute atomic E-state index is 12.8. The summed E-state index contributed by atoms with van der Waals surface area (Å²) in [7, 11) is 0. The van der Waals surface area contributed by atoms with E-state index >= 15 is 0 Å². The van der Waals surface area contributed by atoms with Gasteiger partial charge in [-0.2, -0.15) is 0 Å². The number of fused-ring (bicyclic) bond motifs is 2. The first-order valence-corrected chi connectivity index (χ1v) is 8.17. The van der Waals surface area contributed by atoms with Gasteiger partial charge in [0.1, 0.15) is 5.82 Å². The molecular weight excluding hydrogens is 286 g/mol. The molecule has 0 radical (unpaired) electrons. The minimum absolute atomic E-state index is 0.0892. The van der Waals surface area contributed by atoms with E-state index < -0.39 is 0 Å². The highest BCUT2D eigenvalue weighted by molar-refractivity contribution is 5.83. The molecule has 0 bridgehead atoms. The molecule has 0 spiro atoms. The van der Waals surface area contributed by atoms with Gasteiger partial charge in [0.25, 0.3) is 5.56 Å². The zero-order chi connectivity index (χ0) is 15.8. The Hall–Kier alpha value is -2.49. The molecule has 1 aliphatic heterocycles. The lowest BCUT2D eigenvalue weighted by Gasteiger charge is -2.13. The van der Waals surface area contributed by atoms with Crippen molar-refractivity contribution >= 4 is 10.9 Å². The third-order valence-corrected chi connectivity index (χ3v) is 4.59. The molecule has 0 fully saturated rings. The van der Waals surface area contributed by atoms with Crippen LogP contribution in [0, 0.1) is 5.92 Å². The van der Waals surface area contributed by atoms with Crippen molar-refractivity contribution in [3.05, 3.63) is 58.8 Å². The van der Waals surface area contributed by atoms with E-state index in [1.807, 2.05) is 41.0 Å². The molecule has 4 rings (SSSR count). The Bertz CT molecular complexity index is 915. The summed E-state index contributed by atoms with van der Waals surface area (Å²) < 4.78 is 1.88. The Morgan fingerprint density at radius 1 is 1.22 bits per heavy atom. The van der Waals surface area contributed by atoms with Gasteiger partial charge in [-0.1, -0.05) is 19.1 Å². The van der Waals surface area contributed by atoms with Crippen LogP contribution in [0.5, 0.6) is 0 Å². The lowest BCUT2D eigenvalue weighted by Crippen LogP contribution is -2.26. The van der Waals surface area contributed by atoms with Crippen molar-refractivity contribution < 1.29 is 0 Å². The normalized spacial score (nSPS) is 17.7. The molecule has 0 saturated carbocycles. The number of rotatable bonds is 1. The zero-order valence-corrected chi connectivity index (χ0v) is 13.2. The topological polar surface area (TPSA) is 47.8 Å². The first-order chi connectivity index (χ1) is 11.2. The van der Waals surface area contributed by atoms with Gasteiger partial charge in [0, 0.05) is 24.7 Å².